The minimum Gasteiger partial charge on any atom is -0.107 e. The Balaban J connectivity index is 1.97. The molecule has 16 heavy (non-hydrogen) atoms. The number of benzene rings is 1. The first kappa shape index (κ1) is 11.7. The van der Waals surface area contributed by atoms with Gasteiger partial charge in [-0.3, -0.25) is 0 Å². The van der Waals surface area contributed by atoms with Crippen LogP contribution in [0.4, 0.5) is 0 Å². The van der Waals surface area contributed by atoms with E-state index in [2.05, 4.69) is 42.6 Å². The van der Waals surface area contributed by atoms with E-state index in [1.807, 2.05) is 0 Å². The third-order valence-corrected chi connectivity index (χ3v) is 7.30. The van der Waals surface area contributed by atoms with Crippen LogP contribution in [0, 0.1) is 0 Å². The van der Waals surface area contributed by atoms with Crippen LogP contribution >= 0.6 is 0 Å². The van der Waals surface area contributed by atoms with Crippen LogP contribution in [-0.2, 0) is 6.04 Å². The van der Waals surface area contributed by atoms with Crippen molar-refractivity contribution < 1.29 is 0 Å². The lowest BCUT2D eigenvalue weighted by Crippen LogP contribution is -2.23. The van der Waals surface area contributed by atoms with Gasteiger partial charge in [0.05, 0.1) is 8.80 Å². The van der Waals surface area contributed by atoms with E-state index in [0.29, 0.717) is 0 Å². The van der Waals surface area contributed by atoms with Crippen molar-refractivity contribution in [2.45, 2.75) is 43.7 Å². The number of hydrogen-bond donors (Lipinski definition) is 0. The molecule has 1 heteroatoms. The van der Waals surface area contributed by atoms with Gasteiger partial charge in [0, 0.05) is 0 Å². The Morgan fingerprint density at radius 2 is 1.81 bits per heavy atom. The van der Waals surface area contributed by atoms with Crippen LogP contribution in [0.2, 0.25) is 5.54 Å². The second kappa shape index (κ2) is 6.05. The molecule has 1 unspecified atom stereocenters. The SMILES string of the molecule is C=C[SiH](Cc1ccccc1)C1CCCCC1. The largest absolute Gasteiger partial charge is 0.107 e. The monoisotopic (exact) mass is 230 g/mol. The van der Waals surface area contributed by atoms with Gasteiger partial charge in [-0.15, -0.1) is 12.3 Å². The maximum atomic E-state index is 4.09. The standard InChI is InChI=1S/C15H22Si/c1-2-16(15-11-7-4-8-12-15)13-14-9-5-3-6-10-14/h2-3,5-6,9-10,15-16H,1,4,7-8,11-13H2. The van der Waals surface area contributed by atoms with Crippen LogP contribution in [0.3, 0.4) is 0 Å². The van der Waals surface area contributed by atoms with Crippen LogP contribution < -0.4 is 0 Å². The summed E-state index contributed by atoms with van der Waals surface area (Å²) in [6.45, 7) is 4.09. The van der Waals surface area contributed by atoms with E-state index in [1.165, 1.54) is 43.7 Å². The average Bonchev–Trinajstić information content (AvgIpc) is 2.38. The molecule has 0 heterocycles. The molecule has 1 fully saturated rings. The van der Waals surface area contributed by atoms with Crippen molar-refractivity contribution in [3.8, 4) is 0 Å². The normalized spacial score (nSPS) is 19.2. The average molecular weight is 230 g/mol. The summed E-state index contributed by atoms with van der Waals surface area (Å²) in [6.07, 6.45) is 7.30. The minimum atomic E-state index is -0.757. The molecular formula is C15H22Si. The molecule has 1 aliphatic rings. The van der Waals surface area contributed by atoms with Gasteiger partial charge in [0.25, 0.3) is 0 Å². The predicted octanol–water partition coefficient (Wildman–Crippen LogP) is 4.05. The molecule has 2 rings (SSSR count). The highest BCUT2D eigenvalue weighted by molar-refractivity contribution is 6.65. The molecule has 0 radical (unpaired) electrons. The van der Waals surface area contributed by atoms with Gasteiger partial charge in [-0.25, -0.2) is 0 Å². The Labute approximate surface area is 101 Å². The fourth-order valence-electron chi connectivity index (χ4n) is 2.89. The molecular weight excluding hydrogens is 208 g/mol. The van der Waals surface area contributed by atoms with Gasteiger partial charge in [-0.2, -0.15) is 0 Å². The summed E-state index contributed by atoms with van der Waals surface area (Å²) in [4.78, 5) is 0. The van der Waals surface area contributed by atoms with Gasteiger partial charge in [-0.05, 0) is 11.6 Å². The molecule has 0 N–H and O–H groups in total. The molecule has 0 saturated heterocycles. The topological polar surface area (TPSA) is 0 Å². The Hall–Kier alpha value is -0.823. The number of rotatable bonds is 4. The van der Waals surface area contributed by atoms with Gasteiger partial charge in [0.2, 0.25) is 0 Å². The zero-order valence-electron chi connectivity index (χ0n) is 10.1. The molecule has 1 saturated carbocycles. The summed E-state index contributed by atoms with van der Waals surface area (Å²) in [5.41, 5.74) is 4.86. The molecule has 0 aromatic heterocycles. The lowest BCUT2D eigenvalue weighted by Gasteiger charge is -2.27. The summed E-state index contributed by atoms with van der Waals surface area (Å²) in [5, 5.41) is 0. The van der Waals surface area contributed by atoms with E-state index in [1.54, 1.807) is 0 Å². The third kappa shape index (κ3) is 3.08. The molecule has 0 bridgehead atoms. The molecule has 86 valence electrons. The van der Waals surface area contributed by atoms with Crippen molar-refractivity contribution >= 4 is 8.80 Å². The van der Waals surface area contributed by atoms with Crippen molar-refractivity contribution in [1.29, 1.82) is 0 Å². The smallest absolute Gasteiger partial charge is 0.0681 e. The predicted molar refractivity (Wildman–Crippen MR) is 74.3 cm³/mol. The molecule has 0 nitrogen and oxygen atoms in total. The van der Waals surface area contributed by atoms with Crippen LogP contribution in [0.1, 0.15) is 37.7 Å². The van der Waals surface area contributed by atoms with Crippen LogP contribution in [0.15, 0.2) is 42.6 Å². The first-order valence-corrected chi connectivity index (χ1v) is 8.71. The zero-order valence-corrected chi connectivity index (χ0v) is 11.2. The van der Waals surface area contributed by atoms with Gasteiger partial charge < -0.3 is 0 Å². The summed E-state index contributed by atoms with van der Waals surface area (Å²) in [5.74, 6) is 0. The van der Waals surface area contributed by atoms with Crippen molar-refractivity contribution in [3.05, 3.63) is 48.2 Å². The Morgan fingerprint density at radius 1 is 1.12 bits per heavy atom. The fourth-order valence-corrected chi connectivity index (χ4v) is 5.92. The highest BCUT2D eigenvalue weighted by Gasteiger charge is 2.22. The Kier molecular flexibility index (Phi) is 4.40. The van der Waals surface area contributed by atoms with Crippen molar-refractivity contribution in [1.82, 2.24) is 0 Å². The van der Waals surface area contributed by atoms with Crippen molar-refractivity contribution in [2.24, 2.45) is 0 Å². The van der Waals surface area contributed by atoms with Gasteiger partial charge in [-0.1, -0.05) is 68.0 Å². The molecule has 1 atom stereocenters. The van der Waals surface area contributed by atoms with E-state index in [9.17, 15) is 0 Å². The van der Waals surface area contributed by atoms with Crippen LogP contribution in [0.5, 0.6) is 0 Å². The van der Waals surface area contributed by atoms with Gasteiger partial charge in [0.1, 0.15) is 0 Å². The van der Waals surface area contributed by atoms with Crippen molar-refractivity contribution in [3.63, 3.8) is 0 Å². The highest BCUT2D eigenvalue weighted by Crippen LogP contribution is 2.32. The fraction of sp³-hybridized carbons (Fsp3) is 0.467. The van der Waals surface area contributed by atoms with Crippen LogP contribution in [0.25, 0.3) is 0 Å². The van der Waals surface area contributed by atoms with Gasteiger partial charge in [0.15, 0.2) is 0 Å². The van der Waals surface area contributed by atoms with E-state index in [0.717, 1.165) is 5.54 Å². The third-order valence-electron chi connectivity index (χ3n) is 3.87. The molecule has 1 aliphatic carbocycles. The van der Waals surface area contributed by atoms with Crippen molar-refractivity contribution in [2.75, 3.05) is 0 Å². The Bertz CT molecular complexity index is 311. The maximum Gasteiger partial charge on any atom is 0.0681 e. The van der Waals surface area contributed by atoms with E-state index in [4.69, 9.17) is 0 Å². The minimum absolute atomic E-state index is 0.757. The quantitative estimate of drug-likeness (QED) is 0.684. The molecule has 1 aromatic carbocycles. The molecule has 0 aliphatic heterocycles. The van der Waals surface area contributed by atoms with E-state index >= 15 is 0 Å². The van der Waals surface area contributed by atoms with Gasteiger partial charge >= 0.3 is 0 Å². The van der Waals surface area contributed by atoms with Crippen LogP contribution in [-0.4, -0.2) is 8.80 Å². The summed E-state index contributed by atoms with van der Waals surface area (Å²) in [6, 6.07) is 12.3. The summed E-state index contributed by atoms with van der Waals surface area (Å²) >= 11 is 0. The summed E-state index contributed by atoms with van der Waals surface area (Å²) < 4.78 is 0. The lowest BCUT2D eigenvalue weighted by atomic mass is 10.0. The lowest BCUT2D eigenvalue weighted by molar-refractivity contribution is 0.497. The summed E-state index contributed by atoms with van der Waals surface area (Å²) in [7, 11) is -0.757. The first-order valence-electron chi connectivity index (χ1n) is 6.56. The van der Waals surface area contributed by atoms with E-state index in [-0.39, 0.29) is 0 Å². The molecule has 0 amide bonds. The zero-order chi connectivity index (χ0) is 11.2. The second-order valence-corrected chi connectivity index (χ2v) is 8.14. The first-order chi connectivity index (χ1) is 7.90. The highest BCUT2D eigenvalue weighted by atomic mass is 28.3. The maximum absolute atomic E-state index is 4.09. The second-order valence-electron chi connectivity index (χ2n) is 4.99. The molecule has 1 aromatic rings. The Morgan fingerprint density at radius 3 is 2.44 bits per heavy atom. The number of hydrogen-bond acceptors (Lipinski definition) is 0. The van der Waals surface area contributed by atoms with E-state index < -0.39 is 8.80 Å². The molecule has 0 spiro atoms.